The van der Waals surface area contributed by atoms with Crippen molar-refractivity contribution in [3.8, 4) is 0 Å². The predicted molar refractivity (Wildman–Crippen MR) is 75.4 cm³/mol. The molecule has 0 unspecified atom stereocenters. The van der Waals surface area contributed by atoms with Gasteiger partial charge in [0, 0.05) is 12.7 Å². The molecular weight excluding hydrogens is 238 g/mol. The van der Waals surface area contributed by atoms with E-state index in [0.29, 0.717) is 5.76 Å². The SMILES string of the molecule is CN(C(=O)c1ccco1)c1ccc2ccccc2c1. The van der Waals surface area contributed by atoms with Gasteiger partial charge in [-0.1, -0.05) is 30.3 Å². The van der Waals surface area contributed by atoms with Crippen LogP contribution < -0.4 is 4.90 Å². The summed E-state index contributed by atoms with van der Waals surface area (Å²) in [7, 11) is 1.74. The van der Waals surface area contributed by atoms with Crippen molar-refractivity contribution in [3.63, 3.8) is 0 Å². The third-order valence-electron chi connectivity index (χ3n) is 3.16. The van der Waals surface area contributed by atoms with Gasteiger partial charge in [0.05, 0.1) is 6.26 Å². The van der Waals surface area contributed by atoms with Crippen LogP contribution in [-0.4, -0.2) is 13.0 Å². The van der Waals surface area contributed by atoms with Gasteiger partial charge in [-0.2, -0.15) is 0 Å². The molecule has 1 heterocycles. The summed E-state index contributed by atoms with van der Waals surface area (Å²) in [6.45, 7) is 0. The zero-order valence-corrected chi connectivity index (χ0v) is 10.5. The van der Waals surface area contributed by atoms with Crippen LogP contribution in [0.1, 0.15) is 10.6 Å². The quantitative estimate of drug-likeness (QED) is 0.695. The number of benzene rings is 2. The number of amides is 1. The number of hydrogen-bond acceptors (Lipinski definition) is 2. The molecule has 3 aromatic rings. The molecule has 0 aliphatic rings. The predicted octanol–water partition coefficient (Wildman–Crippen LogP) is 3.71. The molecule has 0 atom stereocenters. The summed E-state index contributed by atoms with van der Waals surface area (Å²) in [4.78, 5) is 13.8. The lowest BCUT2D eigenvalue weighted by Crippen LogP contribution is -2.25. The van der Waals surface area contributed by atoms with Crippen LogP contribution in [0, 0.1) is 0 Å². The Balaban J connectivity index is 1.97. The van der Waals surface area contributed by atoms with Crippen LogP contribution in [0.3, 0.4) is 0 Å². The zero-order valence-electron chi connectivity index (χ0n) is 10.5. The minimum Gasteiger partial charge on any atom is -0.459 e. The first kappa shape index (κ1) is 11.5. The van der Waals surface area contributed by atoms with Crippen LogP contribution in [0.2, 0.25) is 0 Å². The van der Waals surface area contributed by atoms with E-state index in [1.807, 2.05) is 42.5 Å². The Kier molecular flexibility index (Phi) is 2.80. The summed E-state index contributed by atoms with van der Waals surface area (Å²) in [6, 6.07) is 17.4. The number of carbonyl (C=O) groups excluding carboxylic acids is 1. The Morgan fingerprint density at radius 2 is 1.79 bits per heavy atom. The first-order valence-electron chi connectivity index (χ1n) is 6.06. The fraction of sp³-hybridized carbons (Fsp3) is 0.0625. The molecular formula is C16H13NO2. The molecule has 0 radical (unpaired) electrons. The molecule has 0 bridgehead atoms. The van der Waals surface area contributed by atoms with Crippen molar-refractivity contribution in [1.29, 1.82) is 0 Å². The molecule has 2 aromatic carbocycles. The van der Waals surface area contributed by atoms with Gasteiger partial charge >= 0.3 is 0 Å². The number of rotatable bonds is 2. The standard InChI is InChI=1S/C16H13NO2/c1-17(16(18)15-7-4-10-19-15)14-9-8-12-5-2-3-6-13(12)11-14/h2-11H,1H3. The smallest absolute Gasteiger partial charge is 0.293 e. The summed E-state index contributed by atoms with van der Waals surface area (Å²) in [5.41, 5.74) is 0.847. The summed E-state index contributed by atoms with van der Waals surface area (Å²) in [5.74, 6) is 0.191. The first-order chi connectivity index (χ1) is 9.25. The number of furan rings is 1. The van der Waals surface area contributed by atoms with E-state index in [0.717, 1.165) is 16.5 Å². The maximum Gasteiger partial charge on any atom is 0.293 e. The highest BCUT2D eigenvalue weighted by Crippen LogP contribution is 2.22. The molecule has 0 N–H and O–H groups in total. The first-order valence-corrected chi connectivity index (χ1v) is 6.06. The average molecular weight is 251 g/mol. The van der Waals surface area contributed by atoms with E-state index in [1.54, 1.807) is 24.1 Å². The third kappa shape index (κ3) is 2.10. The van der Waals surface area contributed by atoms with Crippen LogP contribution in [0.25, 0.3) is 10.8 Å². The van der Waals surface area contributed by atoms with E-state index in [9.17, 15) is 4.79 Å². The maximum atomic E-state index is 12.2. The van der Waals surface area contributed by atoms with E-state index in [1.165, 1.54) is 6.26 Å². The molecule has 0 aliphatic carbocycles. The van der Waals surface area contributed by atoms with Crippen molar-refractivity contribution >= 4 is 22.4 Å². The highest BCUT2D eigenvalue weighted by molar-refractivity contribution is 6.04. The molecule has 0 fully saturated rings. The number of carbonyl (C=O) groups is 1. The van der Waals surface area contributed by atoms with Gasteiger partial charge in [0.2, 0.25) is 0 Å². The normalized spacial score (nSPS) is 10.6. The van der Waals surface area contributed by atoms with Crippen molar-refractivity contribution in [3.05, 3.63) is 66.6 Å². The molecule has 0 aliphatic heterocycles. The maximum absolute atomic E-state index is 12.2. The minimum atomic E-state index is -0.153. The Labute approximate surface area is 111 Å². The minimum absolute atomic E-state index is 0.153. The molecule has 1 aromatic heterocycles. The highest BCUT2D eigenvalue weighted by Gasteiger charge is 2.15. The monoisotopic (exact) mass is 251 g/mol. The molecule has 19 heavy (non-hydrogen) atoms. The molecule has 0 spiro atoms. The molecule has 94 valence electrons. The zero-order chi connectivity index (χ0) is 13.2. The average Bonchev–Trinajstić information content (AvgIpc) is 2.99. The molecule has 0 saturated heterocycles. The lowest BCUT2D eigenvalue weighted by atomic mass is 10.1. The molecule has 3 rings (SSSR count). The van der Waals surface area contributed by atoms with Crippen molar-refractivity contribution in [2.24, 2.45) is 0 Å². The fourth-order valence-electron chi connectivity index (χ4n) is 2.07. The van der Waals surface area contributed by atoms with Gasteiger partial charge in [-0.05, 0) is 35.0 Å². The van der Waals surface area contributed by atoms with Crippen molar-refractivity contribution in [2.45, 2.75) is 0 Å². The van der Waals surface area contributed by atoms with E-state index in [-0.39, 0.29) is 5.91 Å². The lowest BCUT2D eigenvalue weighted by Gasteiger charge is -2.16. The largest absolute Gasteiger partial charge is 0.459 e. The summed E-state index contributed by atoms with van der Waals surface area (Å²) >= 11 is 0. The Hall–Kier alpha value is -2.55. The summed E-state index contributed by atoms with van der Waals surface area (Å²) < 4.78 is 5.13. The summed E-state index contributed by atoms with van der Waals surface area (Å²) in [6.07, 6.45) is 1.50. The fourth-order valence-corrected chi connectivity index (χ4v) is 2.07. The Bertz CT molecular complexity index is 716. The summed E-state index contributed by atoms with van der Waals surface area (Å²) in [5, 5.41) is 2.27. The van der Waals surface area contributed by atoms with Crippen molar-refractivity contribution in [2.75, 3.05) is 11.9 Å². The number of nitrogens with zero attached hydrogens (tertiary/aromatic N) is 1. The van der Waals surface area contributed by atoms with E-state index >= 15 is 0 Å². The second-order valence-corrected chi connectivity index (χ2v) is 4.37. The van der Waals surface area contributed by atoms with E-state index < -0.39 is 0 Å². The van der Waals surface area contributed by atoms with Gasteiger partial charge in [0.15, 0.2) is 5.76 Å². The topological polar surface area (TPSA) is 33.5 Å². The highest BCUT2D eigenvalue weighted by atomic mass is 16.3. The van der Waals surface area contributed by atoms with Gasteiger partial charge in [-0.15, -0.1) is 0 Å². The second-order valence-electron chi connectivity index (χ2n) is 4.37. The van der Waals surface area contributed by atoms with E-state index in [2.05, 4.69) is 0 Å². The number of anilines is 1. The molecule has 1 amide bonds. The third-order valence-corrected chi connectivity index (χ3v) is 3.16. The lowest BCUT2D eigenvalue weighted by molar-refractivity contribution is 0.0966. The molecule has 3 heteroatoms. The van der Waals surface area contributed by atoms with Crippen LogP contribution >= 0.6 is 0 Å². The van der Waals surface area contributed by atoms with Gasteiger partial charge in [0.1, 0.15) is 0 Å². The van der Waals surface area contributed by atoms with Crippen LogP contribution in [0.4, 0.5) is 5.69 Å². The molecule has 0 saturated carbocycles. The van der Waals surface area contributed by atoms with Gasteiger partial charge in [0.25, 0.3) is 5.91 Å². The van der Waals surface area contributed by atoms with Gasteiger partial charge in [-0.25, -0.2) is 0 Å². The number of hydrogen-bond donors (Lipinski definition) is 0. The van der Waals surface area contributed by atoms with Gasteiger partial charge < -0.3 is 9.32 Å². The Morgan fingerprint density at radius 1 is 1.00 bits per heavy atom. The van der Waals surface area contributed by atoms with Gasteiger partial charge in [-0.3, -0.25) is 4.79 Å². The number of fused-ring (bicyclic) bond motifs is 1. The van der Waals surface area contributed by atoms with E-state index in [4.69, 9.17) is 4.42 Å². The van der Waals surface area contributed by atoms with Crippen LogP contribution in [0.5, 0.6) is 0 Å². The van der Waals surface area contributed by atoms with Crippen molar-refractivity contribution in [1.82, 2.24) is 0 Å². The van der Waals surface area contributed by atoms with Crippen molar-refractivity contribution < 1.29 is 9.21 Å². The molecule has 3 nitrogen and oxygen atoms in total. The second kappa shape index (κ2) is 4.61. The Morgan fingerprint density at radius 3 is 2.53 bits per heavy atom. The van der Waals surface area contributed by atoms with Crippen LogP contribution in [0.15, 0.2) is 65.3 Å². The van der Waals surface area contributed by atoms with Crippen LogP contribution in [-0.2, 0) is 0 Å².